The van der Waals surface area contributed by atoms with Crippen LogP contribution in [0.4, 0.5) is 0 Å². The first-order valence-corrected chi connectivity index (χ1v) is 5.42. The van der Waals surface area contributed by atoms with Gasteiger partial charge in [0, 0.05) is 25.0 Å². The highest BCUT2D eigenvalue weighted by atomic mass is 32.2. The molecule has 2 rings (SSSR count). The molecule has 5 heteroatoms. The van der Waals surface area contributed by atoms with Gasteiger partial charge in [0.2, 0.25) is 5.16 Å². The maximum Gasteiger partial charge on any atom is 0.203 e. The highest BCUT2D eigenvalue weighted by Crippen LogP contribution is 2.19. The fourth-order valence-corrected chi connectivity index (χ4v) is 2.08. The number of nitrogens with zero attached hydrogens (tertiary/aromatic N) is 3. The van der Waals surface area contributed by atoms with E-state index in [2.05, 4.69) is 14.3 Å². The highest BCUT2D eigenvalue weighted by molar-refractivity contribution is 7.96. The lowest BCUT2D eigenvalue weighted by atomic mass is 10.5. The van der Waals surface area contributed by atoms with E-state index in [1.165, 1.54) is 0 Å². The zero-order chi connectivity index (χ0) is 9.80. The van der Waals surface area contributed by atoms with E-state index in [1.54, 1.807) is 18.1 Å². The van der Waals surface area contributed by atoms with Gasteiger partial charge < -0.3 is 4.74 Å². The van der Waals surface area contributed by atoms with E-state index < -0.39 is 0 Å². The molecule has 1 aromatic rings. The maximum absolute atomic E-state index is 5.27. The molecule has 0 amide bonds. The van der Waals surface area contributed by atoms with Crippen molar-refractivity contribution in [2.24, 2.45) is 0 Å². The minimum Gasteiger partial charge on any atom is -0.379 e. The predicted molar refractivity (Wildman–Crippen MR) is 55.0 cm³/mol. The van der Waals surface area contributed by atoms with Gasteiger partial charge in [-0.1, -0.05) is 0 Å². The molecule has 76 valence electrons. The summed E-state index contributed by atoms with van der Waals surface area (Å²) in [6.45, 7) is 5.48. The van der Waals surface area contributed by atoms with Crippen LogP contribution in [-0.2, 0) is 4.74 Å². The number of ether oxygens (including phenoxy) is 1. The zero-order valence-electron chi connectivity index (χ0n) is 8.14. The Kier molecular flexibility index (Phi) is 3.34. The second-order valence-corrected chi connectivity index (χ2v) is 4.18. The predicted octanol–water partition coefficient (Wildman–Crippen LogP) is 1.12. The van der Waals surface area contributed by atoms with Gasteiger partial charge in [-0.05, 0) is 24.9 Å². The Hall–Kier alpha value is -0.650. The first-order chi connectivity index (χ1) is 6.84. The number of hydrogen-bond donors (Lipinski definition) is 0. The Bertz CT molecular complexity index is 302. The number of aromatic nitrogens is 2. The minimum absolute atomic E-state index is 0.804. The van der Waals surface area contributed by atoms with E-state index in [4.69, 9.17) is 4.74 Å². The number of aryl methyl sites for hydroxylation is 1. The average Bonchev–Trinajstić information content (AvgIpc) is 2.19. The topological polar surface area (TPSA) is 38.2 Å². The van der Waals surface area contributed by atoms with Crippen LogP contribution >= 0.6 is 11.9 Å². The molecule has 14 heavy (non-hydrogen) atoms. The summed E-state index contributed by atoms with van der Waals surface area (Å²) in [5.41, 5.74) is 1.01. The molecular weight excluding hydrogens is 198 g/mol. The summed E-state index contributed by atoms with van der Waals surface area (Å²) in [6, 6.07) is 1.91. The van der Waals surface area contributed by atoms with Crippen molar-refractivity contribution in [2.75, 3.05) is 26.3 Å². The number of hydrogen-bond acceptors (Lipinski definition) is 5. The Morgan fingerprint density at radius 3 is 2.93 bits per heavy atom. The van der Waals surface area contributed by atoms with Gasteiger partial charge in [0.15, 0.2) is 0 Å². The van der Waals surface area contributed by atoms with Gasteiger partial charge in [0.25, 0.3) is 0 Å². The molecule has 0 saturated carbocycles. The molecule has 1 aliphatic heterocycles. The summed E-state index contributed by atoms with van der Waals surface area (Å²) in [4.78, 5) is 8.54. The van der Waals surface area contributed by atoms with Crippen molar-refractivity contribution in [3.63, 3.8) is 0 Å². The lowest BCUT2D eigenvalue weighted by Crippen LogP contribution is -2.31. The van der Waals surface area contributed by atoms with Crippen molar-refractivity contribution < 1.29 is 4.74 Å². The Balaban J connectivity index is 1.95. The third-order valence-corrected chi connectivity index (χ3v) is 2.94. The molecule has 1 aliphatic rings. The quantitative estimate of drug-likeness (QED) is 0.541. The highest BCUT2D eigenvalue weighted by Gasteiger charge is 2.12. The SMILES string of the molecule is Cc1ccnc(SN2CCOCC2)n1. The molecule has 0 N–H and O–H groups in total. The number of rotatable bonds is 2. The third kappa shape index (κ3) is 2.67. The number of morpholine rings is 1. The monoisotopic (exact) mass is 211 g/mol. The van der Waals surface area contributed by atoms with Crippen LogP contribution in [0, 0.1) is 6.92 Å². The van der Waals surface area contributed by atoms with Gasteiger partial charge in [-0.3, -0.25) is 0 Å². The molecule has 0 radical (unpaired) electrons. The van der Waals surface area contributed by atoms with Gasteiger partial charge >= 0.3 is 0 Å². The van der Waals surface area contributed by atoms with E-state index in [0.29, 0.717) is 0 Å². The van der Waals surface area contributed by atoms with Crippen LogP contribution in [-0.4, -0.2) is 40.6 Å². The maximum atomic E-state index is 5.27. The third-order valence-electron chi connectivity index (χ3n) is 1.95. The molecule has 0 unspecified atom stereocenters. The standard InChI is InChI=1S/C9H13N3OS/c1-8-2-3-10-9(11-8)14-12-4-6-13-7-5-12/h2-3H,4-7H2,1H3. The van der Waals surface area contributed by atoms with Crippen molar-refractivity contribution in [3.05, 3.63) is 18.0 Å². The van der Waals surface area contributed by atoms with Gasteiger partial charge in [0.05, 0.1) is 13.2 Å². The summed E-state index contributed by atoms with van der Waals surface area (Å²) in [7, 11) is 0. The van der Waals surface area contributed by atoms with Crippen LogP contribution in [0.25, 0.3) is 0 Å². The van der Waals surface area contributed by atoms with Crippen molar-refractivity contribution >= 4 is 11.9 Å². The summed E-state index contributed by atoms with van der Waals surface area (Å²) < 4.78 is 7.50. The average molecular weight is 211 g/mol. The second-order valence-electron chi connectivity index (χ2n) is 3.11. The van der Waals surface area contributed by atoms with Crippen molar-refractivity contribution in [1.82, 2.24) is 14.3 Å². The molecule has 1 saturated heterocycles. The molecule has 1 fully saturated rings. The molecular formula is C9H13N3OS. The molecule has 0 aliphatic carbocycles. The van der Waals surface area contributed by atoms with Gasteiger partial charge in [-0.2, -0.15) is 0 Å². The van der Waals surface area contributed by atoms with Crippen molar-refractivity contribution in [3.8, 4) is 0 Å². The van der Waals surface area contributed by atoms with Crippen LogP contribution in [0.5, 0.6) is 0 Å². The minimum atomic E-state index is 0.804. The largest absolute Gasteiger partial charge is 0.379 e. The normalized spacial score (nSPS) is 18.4. The first kappa shape index (κ1) is 9.89. The van der Waals surface area contributed by atoms with E-state index in [1.807, 2.05) is 13.0 Å². The van der Waals surface area contributed by atoms with Crippen molar-refractivity contribution in [2.45, 2.75) is 12.1 Å². The van der Waals surface area contributed by atoms with Crippen molar-refractivity contribution in [1.29, 1.82) is 0 Å². The van der Waals surface area contributed by atoms with Crippen LogP contribution in [0.1, 0.15) is 5.69 Å². The van der Waals surface area contributed by atoms with Gasteiger partial charge in [-0.25, -0.2) is 14.3 Å². The van der Waals surface area contributed by atoms with Crippen LogP contribution in [0.2, 0.25) is 0 Å². The molecule has 4 nitrogen and oxygen atoms in total. The summed E-state index contributed by atoms with van der Waals surface area (Å²) >= 11 is 1.61. The van der Waals surface area contributed by atoms with Crippen LogP contribution < -0.4 is 0 Å². The molecule has 0 spiro atoms. The Morgan fingerprint density at radius 1 is 1.43 bits per heavy atom. The van der Waals surface area contributed by atoms with E-state index in [-0.39, 0.29) is 0 Å². The lowest BCUT2D eigenvalue weighted by Gasteiger charge is -2.24. The first-order valence-electron chi connectivity index (χ1n) is 4.65. The molecule has 0 aromatic carbocycles. The van der Waals surface area contributed by atoms with E-state index in [9.17, 15) is 0 Å². The summed E-state index contributed by atoms with van der Waals surface area (Å²) in [5, 5.41) is 0.826. The van der Waals surface area contributed by atoms with Gasteiger partial charge in [0.1, 0.15) is 0 Å². The van der Waals surface area contributed by atoms with E-state index >= 15 is 0 Å². The van der Waals surface area contributed by atoms with Crippen LogP contribution in [0.15, 0.2) is 17.4 Å². The fourth-order valence-electron chi connectivity index (χ4n) is 1.22. The summed E-state index contributed by atoms with van der Waals surface area (Å²) in [6.07, 6.45) is 1.80. The molecule has 1 aromatic heterocycles. The van der Waals surface area contributed by atoms with Gasteiger partial charge in [-0.15, -0.1) is 0 Å². The zero-order valence-corrected chi connectivity index (χ0v) is 8.96. The molecule has 0 bridgehead atoms. The van der Waals surface area contributed by atoms with E-state index in [0.717, 1.165) is 37.2 Å². The lowest BCUT2D eigenvalue weighted by molar-refractivity contribution is 0.0772. The molecule has 2 heterocycles. The second kappa shape index (κ2) is 4.72. The Morgan fingerprint density at radius 2 is 2.21 bits per heavy atom. The smallest absolute Gasteiger partial charge is 0.203 e. The summed E-state index contributed by atoms with van der Waals surface area (Å²) in [5.74, 6) is 0. The Labute approximate surface area is 87.8 Å². The van der Waals surface area contributed by atoms with Crippen LogP contribution in [0.3, 0.4) is 0 Å². The molecule has 0 atom stereocenters. The fraction of sp³-hybridized carbons (Fsp3) is 0.556.